The first kappa shape index (κ1) is 12.7. The Bertz CT molecular complexity index is 358. The van der Waals surface area contributed by atoms with Crippen molar-refractivity contribution < 1.29 is 18.5 Å². The van der Waals surface area contributed by atoms with Crippen LogP contribution in [0.1, 0.15) is 5.56 Å². The van der Waals surface area contributed by atoms with Gasteiger partial charge in [-0.15, -0.1) is 0 Å². The smallest absolute Gasteiger partial charge is 0.347 e. The number of benzene rings is 1. The second kappa shape index (κ2) is 7.02. The van der Waals surface area contributed by atoms with E-state index in [4.69, 9.17) is 0 Å². The van der Waals surface area contributed by atoms with Crippen molar-refractivity contribution in [2.24, 2.45) is 5.73 Å². The number of hydrogen-bond donors (Lipinski definition) is 1. The highest BCUT2D eigenvalue weighted by Gasteiger charge is 2.08. The maximum Gasteiger partial charge on any atom is 0.530 e. The second-order valence-electron chi connectivity index (χ2n) is 2.57. The Kier molecular flexibility index (Phi) is 5.58. The molecular weight excluding hydrogens is 250 g/mol. The first-order valence-electron chi connectivity index (χ1n) is 4.20. The summed E-state index contributed by atoms with van der Waals surface area (Å²) in [6, 6.07) is 9.66. The van der Waals surface area contributed by atoms with E-state index in [1.807, 2.05) is 30.3 Å². The number of nitrogens with two attached hydrogens (primary N) is 1. The monoisotopic (exact) mass is 259 g/mol. The fraction of sp³-hybridized carbons (Fsp3) is 0.111. The Labute approximate surface area is 100 Å². The van der Waals surface area contributed by atoms with Gasteiger partial charge in [-0.2, -0.15) is 0 Å². The molecule has 1 aromatic carbocycles. The Morgan fingerprint density at radius 1 is 1.25 bits per heavy atom. The van der Waals surface area contributed by atoms with Gasteiger partial charge in [-0.05, 0) is 16.4 Å². The van der Waals surface area contributed by atoms with Gasteiger partial charge in [0.2, 0.25) is 0 Å². The van der Waals surface area contributed by atoms with E-state index in [0.29, 0.717) is 5.75 Å². The third-order valence-electron chi connectivity index (χ3n) is 1.40. The van der Waals surface area contributed by atoms with E-state index >= 15 is 0 Å². The molecule has 1 aromatic rings. The molecular formula is C9H9NO4S2. The van der Waals surface area contributed by atoms with E-state index in [0.717, 1.165) is 16.6 Å². The minimum atomic E-state index is -1.18. The van der Waals surface area contributed by atoms with Gasteiger partial charge in [0.25, 0.3) is 0 Å². The van der Waals surface area contributed by atoms with Crippen LogP contribution in [0.25, 0.3) is 0 Å². The molecule has 1 amide bonds. The van der Waals surface area contributed by atoms with Crippen molar-refractivity contribution in [2.75, 3.05) is 0 Å². The topological polar surface area (TPSA) is 78.6 Å². The highest BCUT2D eigenvalue weighted by Crippen LogP contribution is 2.26. The van der Waals surface area contributed by atoms with Crippen molar-refractivity contribution in [1.29, 1.82) is 0 Å². The molecule has 5 nitrogen and oxygen atoms in total. The van der Waals surface area contributed by atoms with Crippen LogP contribution in [0.15, 0.2) is 30.3 Å². The minimum Gasteiger partial charge on any atom is -0.347 e. The maximum absolute atomic E-state index is 10.7. The van der Waals surface area contributed by atoms with Gasteiger partial charge >= 0.3 is 12.2 Å². The van der Waals surface area contributed by atoms with Gasteiger partial charge in [-0.3, -0.25) is 0 Å². The van der Waals surface area contributed by atoms with E-state index in [1.54, 1.807) is 0 Å². The molecule has 1 rings (SSSR count). The van der Waals surface area contributed by atoms with Gasteiger partial charge in [0, 0.05) is 5.75 Å². The van der Waals surface area contributed by atoms with E-state index < -0.39 is 12.2 Å². The Morgan fingerprint density at radius 2 is 1.94 bits per heavy atom. The van der Waals surface area contributed by atoms with Gasteiger partial charge in [-0.1, -0.05) is 30.3 Å². The normalized spacial score (nSPS) is 9.50. The third-order valence-corrected chi connectivity index (χ3v) is 3.00. The summed E-state index contributed by atoms with van der Waals surface area (Å²) in [5.74, 6) is 0.676. The number of rotatable bonds is 4. The fourth-order valence-electron chi connectivity index (χ4n) is 0.817. The molecule has 0 fully saturated rings. The van der Waals surface area contributed by atoms with E-state index in [-0.39, 0.29) is 0 Å². The van der Waals surface area contributed by atoms with Crippen molar-refractivity contribution >= 4 is 34.1 Å². The number of primary amides is 1. The average Bonchev–Trinajstić information content (AvgIpc) is 2.25. The van der Waals surface area contributed by atoms with E-state index in [1.165, 1.54) is 10.8 Å². The molecule has 0 aliphatic heterocycles. The lowest BCUT2D eigenvalue weighted by Crippen LogP contribution is -2.17. The van der Waals surface area contributed by atoms with Crippen LogP contribution in [0.5, 0.6) is 0 Å². The summed E-state index contributed by atoms with van der Waals surface area (Å²) in [7, 11) is 1.30. The Morgan fingerprint density at radius 3 is 2.56 bits per heavy atom. The fourth-order valence-corrected chi connectivity index (χ4v) is 2.20. The predicted molar refractivity (Wildman–Crippen MR) is 62.5 cm³/mol. The van der Waals surface area contributed by atoms with Crippen LogP contribution in [-0.4, -0.2) is 12.2 Å². The summed E-state index contributed by atoms with van der Waals surface area (Å²) in [5.41, 5.74) is 5.71. The molecule has 2 N–H and O–H groups in total. The number of amides is 1. The lowest BCUT2D eigenvalue weighted by Gasteiger charge is -2.00. The zero-order valence-electron chi connectivity index (χ0n) is 8.12. The summed E-state index contributed by atoms with van der Waals surface area (Å²) >= 11 is 0.833. The number of ether oxygens (including phenoxy) is 1. The van der Waals surface area contributed by atoms with Gasteiger partial charge in [0.15, 0.2) is 0 Å². The predicted octanol–water partition coefficient (Wildman–Crippen LogP) is 2.71. The van der Waals surface area contributed by atoms with E-state index in [2.05, 4.69) is 14.7 Å². The largest absolute Gasteiger partial charge is 0.530 e. The molecule has 86 valence electrons. The van der Waals surface area contributed by atoms with Gasteiger partial charge in [0.1, 0.15) is 11.1 Å². The van der Waals surface area contributed by atoms with Gasteiger partial charge in [-0.25, -0.2) is 9.59 Å². The zero-order chi connectivity index (χ0) is 11.8. The Balaban J connectivity index is 2.13. The third kappa shape index (κ3) is 5.52. The van der Waals surface area contributed by atoms with Crippen LogP contribution >= 0.6 is 21.9 Å². The molecule has 0 saturated carbocycles. The van der Waals surface area contributed by atoms with Gasteiger partial charge < -0.3 is 14.7 Å². The van der Waals surface area contributed by atoms with Crippen molar-refractivity contribution in [3.8, 4) is 0 Å². The lowest BCUT2D eigenvalue weighted by molar-refractivity contribution is 0.127. The van der Waals surface area contributed by atoms with Crippen LogP contribution in [0.2, 0.25) is 0 Å². The number of hydrogen-bond acceptors (Lipinski definition) is 6. The molecule has 0 aliphatic rings. The van der Waals surface area contributed by atoms with Crippen LogP contribution in [-0.2, 0) is 14.7 Å². The molecule has 0 aliphatic carbocycles. The molecule has 7 heteroatoms. The zero-order valence-corrected chi connectivity index (χ0v) is 9.75. The molecule has 0 aromatic heterocycles. The molecule has 0 saturated heterocycles. The van der Waals surface area contributed by atoms with Gasteiger partial charge in [0.05, 0.1) is 0 Å². The standard InChI is InChI=1S/C9H9NO4S2/c10-8(11)13-9(12)14-16-15-6-7-4-2-1-3-5-7/h1-5H,6H2,(H2,10,11). The molecule has 0 unspecified atom stereocenters. The van der Waals surface area contributed by atoms with Crippen LogP contribution in [0, 0.1) is 0 Å². The second-order valence-corrected chi connectivity index (χ2v) is 4.51. The SMILES string of the molecule is NC(=O)OC(=O)OSSCc1ccccc1. The first-order chi connectivity index (χ1) is 7.68. The van der Waals surface area contributed by atoms with Crippen molar-refractivity contribution in [2.45, 2.75) is 5.75 Å². The molecule has 0 spiro atoms. The van der Waals surface area contributed by atoms with Crippen LogP contribution in [0.3, 0.4) is 0 Å². The molecule has 0 heterocycles. The quantitative estimate of drug-likeness (QED) is 0.294. The maximum atomic E-state index is 10.7. The highest BCUT2D eigenvalue weighted by molar-refractivity contribution is 8.74. The summed E-state index contributed by atoms with van der Waals surface area (Å²) in [4.78, 5) is 20.8. The Hall–Kier alpha value is -1.34. The van der Waals surface area contributed by atoms with Crippen LogP contribution < -0.4 is 5.73 Å². The molecule has 0 radical (unpaired) electrons. The van der Waals surface area contributed by atoms with E-state index in [9.17, 15) is 9.59 Å². The summed E-state index contributed by atoms with van der Waals surface area (Å²) < 4.78 is 8.44. The number of carbonyl (C=O) groups is 2. The lowest BCUT2D eigenvalue weighted by atomic mass is 10.2. The van der Waals surface area contributed by atoms with Crippen molar-refractivity contribution in [3.63, 3.8) is 0 Å². The van der Waals surface area contributed by atoms with Crippen molar-refractivity contribution in [3.05, 3.63) is 35.9 Å². The first-order valence-corrected chi connectivity index (χ1v) is 6.44. The summed E-state index contributed by atoms with van der Waals surface area (Å²) in [6.45, 7) is 0. The van der Waals surface area contributed by atoms with Crippen LogP contribution in [0.4, 0.5) is 9.59 Å². The summed E-state index contributed by atoms with van der Waals surface area (Å²) in [5, 5.41) is 0. The van der Waals surface area contributed by atoms with Crippen molar-refractivity contribution in [1.82, 2.24) is 0 Å². The molecule has 0 bridgehead atoms. The molecule has 16 heavy (non-hydrogen) atoms. The molecule has 0 atom stereocenters. The summed E-state index contributed by atoms with van der Waals surface area (Å²) in [6.07, 6.45) is -2.29. The number of carbonyl (C=O) groups excluding carboxylic acids is 2. The average molecular weight is 259 g/mol. The highest BCUT2D eigenvalue weighted by atomic mass is 33.1. The minimum absolute atomic E-state index is 0.676.